The van der Waals surface area contributed by atoms with Gasteiger partial charge in [-0.1, -0.05) is 13.8 Å². The summed E-state index contributed by atoms with van der Waals surface area (Å²) in [6.45, 7) is 4.50. The monoisotopic (exact) mass is 156 g/mol. The highest BCUT2D eigenvalue weighted by Crippen LogP contribution is 2.28. The first-order valence-electron chi connectivity index (χ1n) is 4.62. The third kappa shape index (κ3) is 2.17. The van der Waals surface area contributed by atoms with Crippen molar-refractivity contribution in [2.24, 2.45) is 23.3 Å². The lowest BCUT2D eigenvalue weighted by Crippen LogP contribution is -2.43. The molecular weight excluding hydrogens is 136 g/mol. The molecule has 1 aliphatic rings. The Morgan fingerprint density at radius 3 is 2.27 bits per heavy atom. The van der Waals surface area contributed by atoms with Crippen molar-refractivity contribution in [1.82, 2.24) is 0 Å². The van der Waals surface area contributed by atoms with E-state index in [0.717, 1.165) is 18.8 Å². The van der Waals surface area contributed by atoms with E-state index in [0.29, 0.717) is 18.0 Å². The molecule has 0 spiro atoms. The molecule has 3 unspecified atom stereocenters. The molecule has 0 aromatic carbocycles. The molecule has 1 saturated carbocycles. The fourth-order valence-corrected chi connectivity index (χ4v) is 2.09. The molecule has 4 N–H and O–H groups in total. The van der Waals surface area contributed by atoms with E-state index >= 15 is 0 Å². The van der Waals surface area contributed by atoms with Crippen LogP contribution in [0.15, 0.2) is 0 Å². The summed E-state index contributed by atoms with van der Waals surface area (Å²) in [6, 6.07) is 0.707. The molecule has 0 amide bonds. The molecule has 0 bridgehead atoms. The van der Waals surface area contributed by atoms with Crippen molar-refractivity contribution in [2.45, 2.75) is 45.2 Å². The van der Waals surface area contributed by atoms with E-state index in [-0.39, 0.29) is 0 Å². The average molecular weight is 156 g/mol. The molecule has 2 nitrogen and oxygen atoms in total. The van der Waals surface area contributed by atoms with Crippen molar-refractivity contribution >= 4 is 0 Å². The van der Waals surface area contributed by atoms with Crippen LogP contribution in [0.4, 0.5) is 0 Å². The molecule has 0 radical (unpaired) electrons. The standard InChI is InChI=1S/C9H20N2/c1-6(2)8-4-3-7(10)5-9(8)11/h6-9H,3-5,10-11H2,1-2H3. The predicted molar refractivity (Wildman–Crippen MR) is 48.1 cm³/mol. The molecule has 66 valence electrons. The van der Waals surface area contributed by atoms with Crippen LogP contribution in [-0.4, -0.2) is 12.1 Å². The minimum Gasteiger partial charge on any atom is -0.328 e. The summed E-state index contributed by atoms with van der Waals surface area (Å²) in [6.07, 6.45) is 3.40. The van der Waals surface area contributed by atoms with Crippen molar-refractivity contribution < 1.29 is 0 Å². The van der Waals surface area contributed by atoms with Gasteiger partial charge in [-0.15, -0.1) is 0 Å². The Kier molecular flexibility index (Phi) is 2.90. The third-order valence-electron chi connectivity index (χ3n) is 2.85. The van der Waals surface area contributed by atoms with Crippen LogP contribution < -0.4 is 11.5 Å². The Bertz CT molecular complexity index is 123. The Hall–Kier alpha value is -0.0800. The van der Waals surface area contributed by atoms with Gasteiger partial charge in [0, 0.05) is 12.1 Å². The van der Waals surface area contributed by atoms with Crippen molar-refractivity contribution in [2.75, 3.05) is 0 Å². The fraction of sp³-hybridized carbons (Fsp3) is 1.00. The summed E-state index contributed by atoms with van der Waals surface area (Å²) in [5, 5.41) is 0. The second-order valence-electron chi connectivity index (χ2n) is 4.14. The van der Waals surface area contributed by atoms with E-state index in [1.54, 1.807) is 0 Å². The van der Waals surface area contributed by atoms with Gasteiger partial charge in [0.15, 0.2) is 0 Å². The fourth-order valence-electron chi connectivity index (χ4n) is 2.09. The summed E-state index contributed by atoms with van der Waals surface area (Å²) in [4.78, 5) is 0. The van der Waals surface area contributed by atoms with E-state index in [1.165, 1.54) is 6.42 Å². The zero-order valence-corrected chi connectivity index (χ0v) is 7.59. The maximum Gasteiger partial charge on any atom is 0.00843 e. The molecule has 0 aliphatic heterocycles. The summed E-state index contributed by atoms with van der Waals surface area (Å²) >= 11 is 0. The largest absolute Gasteiger partial charge is 0.328 e. The second kappa shape index (κ2) is 3.55. The molecule has 3 atom stereocenters. The minimum atomic E-state index is 0.346. The quantitative estimate of drug-likeness (QED) is 0.597. The van der Waals surface area contributed by atoms with Gasteiger partial charge in [0.1, 0.15) is 0 Å². The number of hydrogen-bond donors (Lipinski definition) is 2. The first kappa shape index (κ1) is 9.01. The van der Waals surface area contributed by atoms with Gasteiger partial charge < -0.3 is 11.5 Å². The van der Waals surface area contributed by atoms with Gasteiger partial charge in [0.2, 0.25) is 0 Å². The molecule has 11 heavy (non-hydrogen) atoms. The second-order valence-corrected chi connectivity index (χ2v) is 4.14. The summed E-state index contributed by atoms with van der Waals surface area (Å²) in [5.41, 5.74) is 11.8. The zero-order valence-electron chi connectivity index (χ0n) is 7.59. The molecule has 2 heteroatoms. The summed E-state index contributed by atoms with van der Waals surface area (Å²) in [5.74, 6) is 1.42. The van der Waals surface area contributed by atoms with E-state index < -0.39 is 0 Å². The third-order valence-corrected chi connectivity index (χ3v) is 2.85. The number of nitrogens with two attached hydrogens (primary N) is 2. The van der Waals surface area contributed by atoms with Gasteiger partial charge >= 0.3 is 0 Å². The minimum absolute atomic E-state index is 0.346. The molecule has 0 aromatic heterocycles. The van der Waals surface area contributed by atoms with Crippen LogP contribution in [0.5, 0.6) is 0 Å². The van der Waals surface area contributed by atoms with E-state index in [2.05, 4.69) is 13.8 Å². The first-order chi connectivity index (χ1) is 5.11. The Labute approximate surface area is 69.3 Å². The molecule has 0 saturated heterocycles. The van der Waals surface area contributed by atoms with E-state index in [9.17, 15) is 0 Å². The van der Waals surface area contributed by atoms with Gasteiger partial charge in [-0.3, -0.25) is 0 Å². The summed E-state index contributed by atoms with van der Waals surface area (Å²) < 4.78 is 0. The Balaban J connectivity index is 2.44. The predicted octanol–water partition coefficient (Wildman–Crippen LogP) is 1.10. The topological polar surface area (TPSA) is 52.0 Å². The number of rotatable bonds is 1. The van der Waals surface area contributed by atoms with Crippen molar-refractivity contribution in [3.63, 3.8) is 0 Å². The molecule has 0 aromatic rings. The molecule has 0 heterocycles. The molecule has 1 rings (SSSR count). The SMILES string of the molecule is CC(C)C1CCC(N)CC1N. The lowest BCUT2D eigenvalue weighted by Gasteiger charge is -2.34. The van der Waals surface area contributed by atoms with Crippen LogP contribution in [0.3, 0.4) is 0 Å². The number of hydrogen-bond acceptors (Lipinski definition) is 2. The van der Waals surface area contributed by atoms with E-state index in [4.69, 9.17) is 11.5 Å². The highest BCUT2D eigenvalue weighted by atomic mass is 14.7. The van der Waals surface area contributed by atoms with Gasteiger partial charge in [-0.05, 0) is 31.1 Å². The molecule has 1 fully saturated rings. The molecular formula is C9H20N2. The van der Waals surface area contributed by atoms with Crippen LogP contribution in [0.25, 0.3) is 0 Å². The molecule has 1 aliphatic carbocycles. The van der Waals surface area contributed by atoms with Gasteiger partial charge in [0.25, 0.3) is 0 Å². The van der Waals surface area contributed by atoms with E-state index in [1.807, 2.05) is 0 Å². The van der Waals surface area contributed by atoms with Gasteiger partial charge in [-0.25, -0.2) is 0 Å². The van der Waals surface area contributed by atoms with Crippen LogP contribution in [-0.2, 0) is 0 Å². The van der Waals surface area contributed by atoms with Crippen molar-refractivity contribution in [3.8, 4) is 0 Å². The average Bonchev–Trinajstić information content (AvgIpc) is 1.85. The summed E-state index contributed by atoms with van der Waals surface area (Å²) in [7, 11) is 0. The van der Waals surface area contributed by atoms with Gasteiger partial charge in [0.05, 0.1) is 0 Å². The van der Waals surface area contributed by atoms with Crippen molar-refractivity contribution in [3.05, 3.63) is 0 Å². The van der Waals surface area contributed by atoms with Crippen molar-refractivity contribution in [1.29, 1.82) is 0 Å². The highest BCUT2D eigenvalue weighted by Gasteiger charge is 2.27. The van der Waals surface area contributed by atoms with Crippen LogP contribution in [0, 0.1) is 11.8 Å². The maximum atomic E-state index is 5.99. The lowest BCUT2D eigenvalue weighted by molar-refractivity contribution is 0.222. The van der Waals surface area contributed by atoms with Crippen LogP contribution in [0.1, 0.15) is 33.1 Å². The lowest BCUT2D eigenvalue weighted by atomic mass is 9.76. The van der Waals surface area contributed by atoms with Crippen LogP contribution >= 0.6 is 0 Å². The Morgan fingerprint density at radius 1 is 1.18 bits per heavy atom. The first-order valence-corrected chi connectivity index (χ1v) is 4.62. The highest BCUT2D eigenvalue weighted by molar-refractivity contribution is 4.85. The smallest absolute Gasteiger partial charge is 0.00843 e. The maximum absolute atomic E-state index is 5.99. The van der Waals surface area contributed by atoms with Gasteiger partial charge in [-0.2, -0.15) is 0 Å². The van der Waals surface area contributed by atoms with Crippen LogP contribution in [0.2, 0.25) is 0 Å². The Morgan fingerprint density at radius 2 is 1.82 bits per heavy atom. The zero-order chi connectivity index (χ0) is 8.43. The normalized spacial score (nSPS) is 39.5.